The van der Waals surface area contributed by atoms with Gasteiger partial charge in [0, 0.05) is 12.1 Å². The number of nitrogens with one attached hydrogen (secondary N) is 1. The van der Waals surface area contributed by atoms with Crippen LogP contribution in [0.2, 0.25) is 0 Å². The van der Waals surface area contributed by atoms with E-state index in [-0.39, 0.29) is 6.04 Å². The number of rotatable bonds is 4. The van der Waals surface area contributed by atoms with Crippen molar-refractivity contribution in [1.29, 1.82) is 0 Å². The van der Waals surface area contributed by atoms with Crippen LogP contribution in [0.15, 0.2) is 18.2 Å². The van der Waals surface area contributed by atoms with Crippen molar-refractivity contribution in [3.05, 3.63) is 29.3 Å². The molecule has 1 aliphatic rings. The summed E-state index contributed by atoms with van der Waals surface area (Å²) in [6.07, 6.45) is 4.70. The van der Waals surface area contributed by atoms with Crippen molar-refractivity contribution in [3.8, 4) is 5.75 Å². The van der Waals surface area contributed by atoms with Gasteiger partial charge in [0.2, 0.25) is 0 Å². The van der Waals surface area contributed by atoms with Gasteiger partial charge in [-0.3, -0.25) is 0 Å². The number of piperidine rings is 1. The molecule has 0 radical (unpaired) electrons. The zero-order chi connectivity index (χ0) is 13.0. The van der Waals surface area contributed by atoms with E-state index in [9.17, 15) is 0 Å². The lowest BCUT2D eigenvalue weighted by Gasteiger charge is -2.29. The lowest BCUT2D eigenvalue weighted by atomic mass is 9.92. The van der Waals surface area contributed by atoms with Crippen molar-refractivity contribution >= 4 is 0 Å². The lowest BCUT2D eigenvalue weighted by molar-refractivity contribution is 0.353. The van der Waals surface area contributed by atoms with Crippen LogP contribution in [0.1, 0.15) is 43.4 Å². The summed E-state index contributed by atoms with van der Waals surface area (Å²) in [5.74, 6) is 0.963. The minimum absolute atomic E-state index is 0.0847. The molecule has 1 saturated heterocycles. The lowest BCUT2D eigenvalue weighted by Crippen LogP contribution is -2.42. The van der Waals surface area contributed by atoms with Crippen LogP contribution < -0.4 is 15.8 Å². The molecule has 1 heterocycles. The van der Waals surface area contributed by atoms with Crippen LogP contribution in [0.5, 0.6) is 5.75 Å². The molecular formula is C15H24N2O. The van der Waals surface area contributed by atoms with E-state index in [1.807, 2.05) is 6.07 Å². The standard InChI is InChI=1S/C15H24N2O/c1-3-11-10-12(7-8-14(11)18-2)15(16)13-6-4-5-9-17-13/h7-8,10,13,15,17H,3-6,9,16H2,1-2H3. The maximum absolute atomic E-state index is 6.38. The molecule has 1 aromatic rings. The molecule has 0 aromatic heterocycles. The number of aryl methyl sites for hydroxylation is 1. The van der Waals surface area contributed by atoms with Crippen molar-refractivity contribution in [2.24, 2.45) is 5.73 Å². The van der Waals surface area contributed by atoms with Gasteiger partial charge in [0.1, 0.15) is 5.75 Å². The van der Waals surface area contributed by atoms with Crippen molar-refractivity contribution < 1.29 is 4.74 Å². The normalized spacial score (nSPS) is 21.6. The van der Waals surface area contributed by atoms with E-state index in [4.69, 9.17) is 10.5 Å². The summed E-state index contributed by atoms with van der Waals surface area (Å²) in [5, 5.41) is 3.53. The SMILES string of the molecule is CCc1cc(C(N)C2CCCCN2)ccc1OC. The third-order valence-electron chi connectivity index (χ3n) is 3.85. The fraction of sp³-hybridized carbons (Fsp3) is 0.600. The van der Waals surface area contributed by atoms with Crippen molar-refractivity contribution in [2.45, 2.75) is 44.7 Å². The van der Waals surface area contributed by atoms with Crippen LogP contribution in [0, 0.1) is 0 Å². The molecule has 3 heteroatoms. The second-order valence-corrected chi connectivity index (χ2v) is 5.01. The van der Waals surface area contributed by atoms with Gasteiger partial charge in [-0.1, -0.05) is 25.5 Å². The number of nitrogens with two attached hydrogens (primary N) is 1. The molecule has 2 unspecified atom stereocenters. The predicted molar refractivity (Wildman–Crippen MR) is 74.9 cm³/mol. The maximum atomic E-state index is 6.38. The number of hydrogen-bond acceptors (Lipinski definition) is 3. The van der Waals surface area contributed by atoms with Gasteiger partial charge in [-0.15, -0.1) is 0 Å². The molecule has 18 heavy (non-hydrogen) atoms. The van der Waals surface area contributed by atoms with Gasteiger partial charge in [-0.25, -0.2) is 0 Å². The molecule has 3 N–H and O–H groups in total. The molecule has 0 amide bonds. The van der Waals surface area contributed by atoms with Crippen LogP contribution >= 0.6 is 0 Å². The molecule has 1 fully saturated rings. The summed E-state index contributed by atoms with van der Waals surface area (Å²) in [6.45, 7) is 3.24. The Labute approximate surface area is 110 Å². The molecule has 0 bridgehead atoms. The topological polar surface area (TPSA) is 47.3 Å². The van der Waals surface area contributed by atoms with E-state index in [1.165, 1.54) is 30.4 Å². The summed E-state index contributed by atoms with van der Waals surface area (Å²) in [7, 11) is 1.72. The first-order valence-corrected chi connectivity index (χ1v) is 6.92. The van der Waals surface area contributed by atoms with Crippen molar-refractivity contribution in [2.75, 3.05) is 13.7 Å². The molecule has 1 aliphatic heterocycles. The Morgan fingerprint density at radius 1 is 1.44 bits per heavy atom. The first kappa shape index (κ1) is 13.4. The zero-order valence-electron chi connectivity index (χ0n) is 11.4. The monoisotopic (exact) mass is 248 g/mol. The number of methoxy groups -OCH3 is 1. The first-order valence-electron chi connectivity index (χ1n) is 6.92. The zero-order valence-corrected chi connectivity index (χ0v) is 11.4. The van der Waals surface area contributed by atoms with E-state index in [0.717, 1.165) is 18.7 Å². The van der Waals surface area contributed by atoms with Gasteiger partial charge in [-0.05, 0) is 43.0 Å². The summed E-state index contributed by atoms with van der Waals surface area (Å²) >= 11 is 0. The second kappa shape index (κ2) is 6.21. The molecule has 3 nitrogen and oxygen atoms in total. The Balaban J connectivity index is 2.16. The molecule has 100 valence electrons. The van der Waals surface area contributed by atoms with E-state index in [2.05, 4.69) is 24.4 Å². The number of ether oxygens (including phenoxy) is 1. The van der Waals surface area contributed by atoms with Gasteiger partial charge in [0.05, 0.1) is 7.11 Å². The second-order valence-electron chi connectivity index (χ2n) is 5.01. The van der Waals surface area contributed by atoms with Gasteiger partial charge < -0.3 is 15.8 Å². The molecule has 0 spiro atoms. The minimum Gasteiger partial charge on any atom is -0.496 e. The Kier molecular flexibility index (Phi) is 4.61. The third-order valence-corrected chi connectivity index (χ3v) is 3.85. The van der Waals surface area contributed by atoms with E-state index in [1.54, 1.807) is 7.11 Å². The van der Waals surface area contributed by atoms with Crippen LogP contribution in [0.4, 0.5) is 0 Å². The van der Waals surface area contributed by atoms with Gasteiger partial charge in [0.25, 0.3) is 0 Å². The Morgan fingerprint density at radius 2 is 2.28 bits per heavy atom. The number of benzene rings is 1. The molecule has 1 aromatic carbocycles. The minimum atomic E-state index is 0.0847. The van der Waals surface area contributed by atoms with E-state index in [0.29, 0.717) is 6.04 Å². The Hall–Kier alpha value is -1.06. The summed E-state index contributed by atoms with van der Waals surface area (Å²) in [6, 6.07) is 6.83. The average molecular weight is 248 g/mol. The average Bonchev–Trinajstić information content (AvgIpc) is 2.46. The van der Waals surface area contributed by atoms with E-state index >= 15 is 0 Å². The molecular weight excluding hydrogens is 224 g/mol. The highest BCUT2D eigenvalue weighted by Crippen LogP contribution is 2.26. The highest BCUT2D eigenvalue weighted by Gasteiger charge is 2.21. The van der Waals surface area contributed by atoms with Gasteiger partial charge >= 0.3 is 0 Å². The predicted octanol–water partition coefficient (Wildman–Crippen LogP) is 2.40. The van der Waals surface area contributed by atoms with Crippen LogP contribution in [0.3, 0.4) is 0 Å². The van der Waals surface area contributed by atoms with Crippen molar-refractivity contribution in [1.82, 2.24) is 5.32 Å². The highest BCUT2D eigenvalue weighted by atomic mass is 16.5. The summed E-state index contributed by atoms with van der Waals surface area (Å²) < 4.78 is 5.36. The number of hydrogen-bond donors (Lipinski definition) is 2. The Morgan fingerprint density at radius 3 is 2.89 bits per heavy atom. The van der Waals surface area contributed by atoms with Crippen LogP contribution in [-0.2, 0) is 6.42 Å². The summed E-state index contributed by atoms with van der Waals surface area (Å²) in [4.78, 5) is 0. The first-order chi connectivity index (χ1) is 8.76. The van der Waals surface area contributed by atoms with Crippen LogP contribution in [0.25, 0.3) is 0 Å². The molecule has 2 atom stereocenters. The molecule has 2 rings (SSSR count). The maximum Gasteiger partial charge on any atom is 0.122 e. The summed E-state index contributed by atoms with van der Waals surface area (Å²) in [5.41, 5.74) is 8.83. The fourth-order valence-electron chi connectivity index (χ4n) is 2.70. The smallest absolute Gasteiger partial charge is 0.122 e. The van der Waals surface area contributed by atoms with Gasteiger partial charge in [-0.2, -0.15) is 0 Å². The van der Waals surface area contributed by atoms with Gasteiger partial charge in [0.15, 0.2) is 0 Å². The van der Waals surface area contributed by atoms with E-state index < -0.39 is 0 Å². The van der Waals surface area contributed by atoms with Crippen molar-refractivity contribution in [3.63, 3.8) is 0 Å². The largest absolute Gasteiger partial charge is 0.496 e. The Bertz CT molecular complexity index is 386. The fourth-order valence-corrected chi connectivity index (χ4v) is 2.70. The molecule has 0 aliphatic carbocycles. The molecule has 0 saturated carbocycles. The quantitative estimate of drug-likeness (QED) is 0.860. The highest BCUT2D eigenvalue weighted by molar-refractivity contribution is 5.38. The van der Waals surface area contributed by atoms with Crippen LogP contribution in [-0.4, -0.2) is 19.7 Å². The third kappa shape index (κ3) is 2.85.